The summed E-state index contributed by atoms with van der Waals surface area (Å²) in [6.45, 7) is 11.1. The maximum absolute atomic E-state index is 12.2. The van der Waals surface area contributed by atoms with Crippen LogP contribution >= 0.6 is 0 Å². The zero-order valence-corrected chi connectivity index (χ0v) is 21.2. The fourth-order valence-corrected chi connectivity index (χ4v) is 10.2. The van der Waals surface area contributed by atoms with Gasteiger partial charge >= 0.3 is 0 Å². The van der Waals surface area contributed by atoms with Gasteiger partial charge in [-0.05, 0) is 100 Å². The number of allylic oxidation sites excluding steroid dienone is 1. The van der Waals surface area contributed by atoms with Crippen LogP contribution < -0.4 is 0 Å². The van der Waals surface area contributed by atoms with Crippen LogP contribution in [0.15, 0.2) is 11.1 Å². The van der Waals surface area contributed by atoms with Gasteiger partial charge in [0, 0.05) is 31.3 Å². The van der Waals surface area contributed by atoms with Gasteiger partial charge in [-0.15, -0.1) is 0 Å². The summed E-state index contributed by atoms with van der Waals surface area (Å²) in [4.78, 5) is 14.8. The number of likely N-dealkylation sites (tertiary alicyclic amines) is 1. The van der Waals surface area contributed by atoms with Crippen molar-refractivity contribution in [1.82, 2.24) is 4.90 Å². The lowest BCUT2D eigenvalue weighted by Gasteiger charge is -2.52. The van der Waals surface area contributed by atoms with Crippen LogP contribution in [-0.2, 0) is 9.53 Å². The second kappa shape index (κ2) is 7.41. The van der Waals surface area contributed by atoms with E-state index in [9.17, 15) is 4.79 Å². The Balaban J connectivity index is 1.28. The Hall–Kier alpha value is -0.670. The van der Waals surface area contributed by atoms with Gasteiger partial charge in [0.1, 0.15) is 5.78 Å². The molecule has 0 aromatic heterocycles. The maximum Gasteiger partial charge on any atom is 0.133 e. The van der Waals surface area contributed by atoms with E-state index in [4.69, 9.17) is 4.74 Å². The topological polar surface area (TPSA) is 29.5 Å². The first-order valence-corrected chi connectivity index (χ1v) is 13.8. The van der Waals surface area contributed by atoms with E-state index in [-0.39, 0.29) is 5.60 Å². The SMILES string of the molecule is CC1=C2C[C@H]3[C@@H](CCC4CC(=O)CC[C@@]43C)C2CCC2(C1)OC1C[C@H](C)CN(C)[C@H]1[C@H]2C. The summed E-state index contributed by atoms with van der Waals surface area (Å²) in [6.07, 6.45) is 12.2. The third kappa shape index (κ3) is 3.02. The molecule has 1 spiro atoms. The Morgan fingerprint density at radius 3 is 2.72 bits per heavy atom. The first kappa shape index (κ1) is 21.8. The van der Waals surface area contributed by atoms with Crippen molar-refractivity contribution in [3.05, 3.63) is 11.1 Å². The molecule has 0 aromatic carbocycles. The van der Waals surface area contributed by atoms with Gasteiger partial charge in [0.2, 0.25) is 0 Å². The molecule has 0 radical (unpaired) electrons. The van der Waals surface area contributed by atoms with Crippen molar-refractivity contribution in [2.24, 2.45) is 40.9 Å². The molecule has 3 nitrogen and oxygen atoms in total. The summed E-state index contributed by atoms with van der Waals surface area (Å²) in [5.41, 5.74) is 3.96. The summed E-state index contributed by atoms with van der Waals surface area (Å²) >= 11 is 0. The van der Waals surface area contributed by atoms with E-state index in [0.29, 0.717) is 35.2 Å². The quantitative estimate of drug-likeness (QED) is 0.432. The zero-order chi connectivity index (χ0) is 22.4. The molecule has 32 heavy (non-hydrogen) atoms. The molecule has 6 aliphatic rings. The zero-order valence-electron chi connectivity index (χ0n) is 21.2. The number of likely N-dealkylation sites (N-methyl/N-ethyl adjacent to an activating group) is 1. The van der Waals surface area contributed by atoms with E-state index >= 15 is 0 Å². The van der Waals surface area contributed by atoms with Crippen molar-refractivity contribution in [1.29, 1.82) is 0 Å². The second-order valence-electron chi connectivity index (χ2n) is 13.4. The molecule has 0 amide bonds. The molecule has 4 unspecified atom stereocenters. The molecular weight excluding hydrogens is 394 g/mol. The minimum Gasteiger partial charge on any atom is -0.369 e. The highest BCUT2D eigenvalue weighted by Gasteiger charge is 2.59. The third-order valence-electron chi connectivity index (χ3n) is 11.8. The number of piperidine rings is 1. The smallest absolute Gasteiger partial charge is 0.133 e. The van der Waals surface area contributed by atoms with Crippen molar-refractivity contribution >= 4 is 5.78 Å². The van der Waals surface area contributed by atoms with E-state index in [0.717, 1.165) is 49.4 Å². The average Bonchev–Trinajstić information content (AvgIpc) is 3.19. The number of ketones is 1. The summed E-state index contributed by atoms with van der Waals surface area (Å²) in [7, 11) is 2.33. The van der Waals surface area contributed by atoms with Crippen molar-refractivity contribution in [3.63, 3.8) is 0 Å². The molecule has 2 saturated heterocycles. The standard InChI is InChI=1S/C29H45NO2/c1-17-12-26-27(30(5)16-17)19(3)29(32-26)11-9-22-23-7-6-20-13-21(31)8-10-28(20,4)25(23)14-24(22)18(2)15-29/h17,19-20,22-23,25-27H,6-16H2,1-5H3/t17-,19+,20?,22?,23-,25-,26?,27-,28-,29?/m0/s1. The summed E-state index contributed by atoms with van der Waals surface area (Å²) in [5, 5.41) is 0. The van der Waals surface area contributed by atoms with Crippen LogP contribution in [0.2, 0.25) is 0 Å². The number of carbonyl (C=O) groups is 1. The van der Waals surface area contributed by atoms with E-state index in [1.807, 2.05) is 5.57 Å². The van der Waals surface area contributed by atoms with Crippen LogP contribution in [0.5, 0.6) is 0 Å². The van der Waals surface area contributed by atoms with Crippen molar-refractivity contribution in [2.75, 3.05) is 13.6 Å². The van der Waals surface area contributed by atoms with E-state index in [1.165, 1.54) is 45.1 Å². The Kier molecular flexibility index (Phi) is 5.06. The molecule has 2 aliphatic heterocycles. The van der Waals surface area contributed by atoms with E-state index < -0.39 is 0 Å². The first-order valence-electron chi connectivity index (χ1n) is 13.8. The molecule has 2 heterocycles. The van der Waals surface area contributed by atoms with Crippen LogP contribution in [0.1, 0.15) is 91.9 Å². The van der Waals surface area contributed by atoms with Crippen molar-refractivity contribution in [3.8, 4) is 0 Å². The number of rotatable bonds is 0. The highest BCUT2D eigenvalue weighted by molar-refractivity contribution is 5.79. The number of hydrogen-bond donors (Lipinski definition) is 0. The van der Waals surface area contributed by atoms with Crippen LogP contribution in [0.3, 0.4) is 0 Å². The highest BCUT2D eigenvalue weighted by Crippen LogP contribution is 2.65. The molecule has 3 saturated carbocycles. The van der Waals surface area contributed by atoms with Gasteiger partial charge < -0.3 is 9.64 Å². The molecule has 3 heteroatoms. The number of carbonyl (C=O) groups excluding carboxylic acids is 1. The molecule has 5 fully saturated rings. The molecular formula is C29H45NO2. The van der Waals surface area contributed by atoms with Crippen LogP contribution in [0.25, 0.3) is 0 Å². The van der Waals surface area contributed by atoms with Gasteiger partial charge in [-0.25, -0.2) is 0 Å². The third-order valence-corrected chi connectivity index (χ3v) is 11.8. The Bertz CT molecular complexity index is 833. The van der Waals surface area contributed by atoms with Crippen LogP contribution in [0.4, 0.5) is 0 Å². The fourth-order valence-electron chi connectivity index (χ4n) is 10.2. The molecule has 0 bridgehead atoms. The minimum absolute atomic E-state index is 0.0585. The number of nitrogens with zero attached hydrogens (tertiary/aromatic N) is 1. The predicted molar refractivity (Wildman–Crippen MR) is 128 cm³/mol. The second-order valence-corrected chi connectivity index (χ2v) is 13.4. The highest BCUT2D eigenvalue weighted by atomic mass is 16.5. The number of ether oxygens (including phenoxy) is 1. The Morgan fingerprint density at radius 2 is 1.91 bits per heavy atom. The summed E-state index contributed by atoms with van der Waals surface area (Å²) < 4.78 is 7.10. The maximum atomic E-state index is 12.2. The fraction of sp³-hybridized carbons (Fsp3) is 0.897. The Morgan fingerprint density at radius 1 is 1.09 bits per heavy atom. The van der Waals surface area contributed by atoms with Crippen LogP contribution in [-0.4, -0.2) is 42.0 Å². The lowest BCUT2D eigenvalue weighted by Crippen LogP contribution is -2.49. The van der Waals surface area contributed by atoms with Gasteiger partial charge in [-0.1, -0.05) is 31.9 Å². The van der Waals surface area contributed by atoms with Crippen LogP contribution in [0, 0.1) is 40.9 Å². The van der Waals surface area contributed by atoms with E-state index in [1.54, 1.807) is 5.57 Å². The molecule has 4 aliphatic carbocycles. The predicted octanol–water partition coefficient (Wildman–Crippen LogP) is 6.02. The summed E-state index contributed by atoms with van der Waals surface area (Å²) in [6, 6.07) is 0.601. The number of Topliss-reactive ketones (excluding diaryl/α,β-unsaturated/α-hetero) is 1. The van der Waals surface area contributed by atoms with Gasteiger partial charge in [0.15, 0.2) is 0 Å². The molecule has 6 rings (SSSR count). The van der Waals surface area contributed by atoms with Gasteiger partial charge in [-0.3, -0.25) is 4.79 Å². The largest absolute Gasteiger partial charge is 0.369 e. The molecule has 0 aromatic rings. The lowest BCUT2D eigenvalue weighted by atomic mass is 9.52. The van der Waals surface area contributed by atoms with Crippen molar-refractivity contribution < 1.29 is 9.53 Å². The Labute approximate surface area is 195 Å². The normalized spacial score (nSPS) is 53.6. The van der Waals surface area contributed by atoms with Crippen molar-refractivity contribution in [2.45, 2.75) is 110 Å². The molecule has 10 atom stereocenters. The first-order chi connectivity index (χ1) is 15.2. The molecule has 178 valence electrons. The average molecular weight is 440 g/mol. The number of hydrogen-bond acceptors (Lipinski definition) is 3. The van der Waals surface area contributed by atoms with Gasteiger partial charge in [0.25, 0.3) is 0 Å². The monoisotopic (exact) mass is 439 g/mol. The minimum atomic E-state index is 0.0585. The summed E-state index contributed by atoms with van der Waals surface area (Å²) in [5.74, 6) is 4.99. The molecule has 0 N–H and O–H groups in total. The van der Waals surface area contributed by atoms with Gasteiger partial charge in [0.05, 0.1) is 11.7 Å². The number of fused-ring (bicyclic) bond motifs is 6. The van der Waals surface area contributed by atoms with E-state index in [2.05, 4.69) is 39.6 Å². The van der Waals surface area contributed by atoms with Gasteiger partial charge in [-0.2, -0.15) is 0 Å². The lowest BCUT2D eigenvalue weighted by molar-refractivity contribution is -0.129.